The lowest BCUT2D eigenvalue weighted by Gasteiger charge is -2.52. The number of morpholine rings is 1. The molecule has 5 saturated heterocycles. The summed E-state index contributed by atoms with van der Waals surface area (Å²) in [7, 11) is 1.75. The van der Waals surface area contributed by atoms with Crippen LogP contribution in [0.25, 0.3) is 16.7 Å². The van der Waals surface area contributed by atoms with Crippen LogP contribution in [0.1, 0.15) is 86.4 Å². The monoisotopic (exact) mass is 895 g/mol. The number of imidazole rings is 1. The molecule has 0 radical (unpaired) electrons. The number of rotatable bonds is 11. The van der Waals surface area contributed by atoms with E-state index in [4.69, 9.17) is 9.72 Å². The number of carbonyl (C=O) groups excluding carboxylic acids is 3. The zero-order valence-electron chi connectivity index (χ0n) is 36.7. The second-order valence-electron chi connectivity index (χ2n) is 19.5. The number of amides is 3. The Labute approximate surface area is 373 Å². The molecule has 65 heavy (non-hydrogen) atoms. The number of nitrogens with one attached hydrogen (secondary N) is 2. The number of anilines is 3. The van der Waals surface area contributed by atoms with Gasteiger partial charge in [0.05, 0.1) is 53.4 Å². The lowest BCUT2D eigenvalue weighted by molar-refractivity contribution is -0.135. The first kappa shape index (κ1) is 41.9. The van der Waals surface area contributed by atoms with E-state index in [-0.39, 0.29) is 52.9 Å². The fourth-order valence-corrected chi connectivity index (χ4v) is 11.6. The minimum absolute atomic E-state index is 0.00371. The average Bonchev–Trinajstić information content (AvgIpc) is 4.14. The molecule has 344 valence electrons. The van der Waals surface area contributed by atoms with E-state index in [1.165, 1.54) is 10.7 Å². The number of halogens is 2. The van der Waals surface area contributed by atoms with Crippen molar-refractivity contribution in [2.45, 2.75) is 82.5 Å². The number of aryl methyl sites for hydroxylation is 1. The molecule has 6 aliphatic rings. The third kappa shape index (κ3) is 7.65. The Morgan fingerprint density at radius 1 is 1.02 bits per heavy atom. The number of benzene rings is 1. The molecule has 2 unspecified atom stereocenters. The number of aromatic nitrogens is 7. The van der Waals surface area contributed by atoms with Crippen LogP contribution in [0.2, 0.25) is 0 Å². The van der Waals surface area contributed by atoms with Gasteiger partial charge in [-0.3, -0.25) is 33.5 Å². The van der Waals surface area contributed by atoms with E-state index in [1.54, 1.807) is 33.3 Å². The first-order valence-electron chi connectivity index (χ1n) is 23.0. The molecule has 2 bridgehead atoms. The van der Waals surface area contributed by atoms with Crippen molar-refractivity contribution < 1.29 is 27.9 Å². The summed E-state index contributed by atoms with van der Waals surface area (Å²) in [6.45, 7) is 11.4. The van der Waals surface area contributed by atoms with Crippen molar-refractivity contribution in [3.8, 4) is 0 Å². The third-order valence-electron chi connectivity index (χ3n) is 14.9. The number of para-hydroxylation sites is 1. The number of hydrogen-bond donors (Lipinski definition) is 2. The predicted molar refractivity (Wildman–Crippen MR) is 236 cm³/mol. The van der Waals surface area contributed by atoms with Crippen molar-refractivity contribution >= 4 is 51.6 Å². The molecule has 1 saturated carbocycles. The molecule has 20 heteroatoms. The van der Waals surface area contributed by atoms with Crippen molar-refractivity contribution in [1.29, 1.82) is 0 Å². The normalized spacial score (nSPS) is 26.1. The number of piperidine rings is 1. The van der Waals surface area contributed by atoms with Crippen molar-refractivity contribution in [1.82, 2.24) is 48.6 Å². The molecule has 1 aromatic carbocycles. The highest BCUT2D eigenvalue weighted by molar-refractivity contribution is 6.08. The lowest BCUT2D eigenvalue weighted by atomic mass is 9.80. The topological polar surface area (TPSA) is 172 Å². The van der Waals surface area contributed by atoms with E-state index < -0.39 is 30.0 Å². The van der Waals surface area contributed by atoms with E-state index in [2.05, 4.69) is 47.4 Å². The van der Waals surface area contributed by atoms with Crippen LogP contribution in [-0.2, 0) is 21.4 Å². The number of hydrogen-bond acceptors (Lipinski definition) is 12. The van der Waals surface area contributed by atoms with Gasteiger partial charge in [-0.25, -0.2) is 23.1 Å². The summed E-state index contributed by atoms with van der Waals surface area (Å²) >= 11 is 0. The van der Waals surface area contributed by atoms with Gasteiger partial charge in [0, 0.05) is 90.2 Å². The predicted octanol–water partition coefficient (Wildman–Crippen LogP) is 3.60. The van der Waals surface area contributed by atoms with Crippen molar-refractivity contribution in [3.05, 3.63) is 64.6 Å². The maximum absolute atomic E-state index is 14.3. The van der Waals surface area contributed by atoms with Crippen LogP contribution in [0.4, 0.5) is 26.0 Å². The van der Waals surface area contributed by atoms with Crippen molar-refractivity contribution in [2.24, 2.45) is 18.4 Å². The van der Waals surface area contributed by atoms with Gasteiger partial charge in [-0.15, -0.1) is 0 Å². The molecule has 11 rings (SSSR count). The third-order valence-corrected chi connectivity index (χ3v) is 14.9. The Kier molecular flexibility index (Phi) is 10.5. The van der Waals surface area contributed by atoms with Crippen LogP contribution in [0.15, 0.2) is 47.7 Å². The van der Waals surface area contributed by atoms with Crippen molar-refractivity contribution in [3.63, 3.8) is 0 Å². The summed E-state index contributed by atoms with van der Waals surface area (Å²) < 4.78 is 40.7. The van der Waals surface area contributed by atoms with Gasteiger partial charge in [0.2, 0.25) is 11.8 Å². The maximum Gasteiger partial charge on any atom is 0.329 e. The fourth-order valence-electron chi connectivity index (χ4n) is 11.6. The van der Waals surface area contributed by atoms with Gasteiger partial charge in [0.15, 0.2) is 11.3 Å². The van der Waals surface area contributed by atoms with Crippen LogP contribution in [0.5, 0.6) is 0 Å². The second-order valence-corrected chi connectivity index (χ2v) is 19.5. The summed E-state index contributed by atoms with van der Waals surface area (Å²) in [5.74, 6) is -0.0546. The quantitative estimate of drug-likeness (QED) is 0.185. The number of ether oxygens (including phenoxy) is 1. The van der Waals surface area contributed by atoms with E-state index in [0.29, 0.717) is 30.1 Å². The largest absolute Gasteiger partial charge is 0.374 e. The zero-order chi connectivity index (χ0) is 44.7. The highest BCUT2D eigenvalue weighted by Crippen LogP contribution is 2.40. The SMILES string of the molecule is Cn1c(=O)n(C2CCC(=O)NC2=O)c2cccc(N3CC(C)(CN4CCN(CC5CCC(n6cc(NC(=O)c7cnn8ccc(N9C[C@H]%10CC9CO%10)nc78)c(C(F)F)n6)CC5)CC4)C3)c21. The Morgan fingerprint density at radius 2 is 1.80 bits per heavy atom. The summed E-state index contributed by atoms with van der Waals surface area (Å²) in [5.41, 5.74) is 2.43. The van der Waals surface area contributed by atoms with Crippen LogP contribution >= 0.6 is 0 Å². The molecule has 9 heterocycles. The number of piperazine rings is 1. The zero-order valence-corrected chi connectivity index (χ0v) is 36.7. The summed E-state index contributed by atoms with van der Waals surface area (Å²) in [6.07, 6.45) is 7.11. The Bertz CT molecular complexity index is 2720. The van der Waals surface area contributed by atoms with Crippen LogP contribution in [-0.4, -0.2) is 139 Å². The number of carbonyl (C=O) groups is 3. The van der Waals surface area contributed by atoms with Gasteiger partial charge in [0.1, 0.15) is 17.4 Å². The van der Waals surface area contributed by atoms with Crippen LogP contribution in [0, 0.1) is 11.3 Å². The molecule has 1 aliphatic carbocycles. The molecule has 3 amide bonds. The first-order chi connectivity index (χ1) is 31.4. The van der Waals surface area contributed by atoms with Crippen LogP contribution < -0.4 is 26.1 Å². The standard InChI is InChI=1S/C45H55F2N13O5/c1-45(25-56(26-45)33-4-3-5-34-39(33)53(2)44(64)60(34)35-10-11-37(61)51-43(35)63)24-55-16-14-54(15-17-55)20-27-6-8-28(9-7-27)59-22-32(38(52-59)40(46)47)49-42(62)31-19-48-58-13-12-36(50-41(31)58)57-21-30-18-29(57)23-65-30/h3-5,12-13,19,22,27-30,35,40H,6-11,14-18,20-21,23-26H2,1-2H3,(H,49,62)(H,51,61,63)/t27?,28?,29?,30-,35?/m1/s1. The van der Waals surface area contributed by atoms with Gasteiger partial charge in [-0.05, 0) is 62.6 Å². The Morgan fingerprint density at radius 3 is 2.52 bits per heavy atom. The van der Waals surface area contributed by atoms with Gasteiger partial charge in [0.25, 0.3) is 12.3 Å². The average molecular weight is 896 g/mol. The molecular weight excluding hydrogens is 841 g/mol. The molecule has 2 N–H and O–H groups in total. The number of nitrogens with zero attached hydrogens (tertiary/aromatic N) is 11. The summed E-state index contributed by atoms with van der Waals surface area (Å²) in [6, 6.07) is 7.23. The van der Waals surface area contributed by atoms with E-state index in [0.717, 1.165) is 108 Å². The number of fused-ring (bicyclic) bond motifs is 4. The van der Waals surface area contributed by atoms with E-state index in [9.17, 15) is 28.0 Å². The smallest absolute Gasteiger partial charge is 0.329 e. The number of alkyl halides is 2. The van der Waals surface area contributed by atoms with Crippen molar-refractivity contribution in [2.75, 3.05) is 80.6 Å². The highest BCUT2D eigenvalue weighted by Gasteiger charge is 2.43. The lowest BCUT2D eigenvalue weighted by Crippen LogP contribution is -2.61. The summed E-state index contributed by atoms with van der Waals surface area (Å²) in [5, 5.41) is 13.7. The first-order valence-corrected chi connectivity index (χ1v) is 23.0. The highest BCUT2D eigenvalue weighted by atomic mass is 19.3. The molecule has 3 atom stereocenters. The molecule has 5 aliphatic heterocycles. The molecule has 5 aromatic rings. The molecule has 18 nitrogen and oxygen atoms in total. The van der Waals surface area contributed by atoms with Gasteiger partial charge in [-0.1, -0.05) is 13.0 Å². The van der Waals surface area contributed by atoms with Crippen LogP contribution in [0.3, 0.4) is 0 Å². The Hall–Kier alpha value is -5.73. The molecule has 6 fully saturated rings. The molecular formula is C45H55F2N13O5. The maximum atomic E-state index is 14.3. The summed E-state index contributed by atoms with van der Waals surface area (Å²) in [4.78, 5) is 66.0. The molecule has 4 aromatic heterocycles. The number of imide groups is 1. The van der Waals surface area contributed by atoms with Gasteiger partial charge < -0.3 is 29.7 Å². The fraction of sp³-hybridized carbons (Fsp3) is 0.578. The Balaban J connectivity index is 0.661. The minimum atomic E-state index is -2.85. The van der Waals surface area contributed by atoms with Gasteiger partial charge in [-0.2, -0.15) is 10.2 Å². The minimum Gasteiger partial charge on any atom is -0.374 e. The molecule has 0 spiro atoms. The van der Waals surface area contributed by atoms with Gasteiger partial charge >= 0.3 is 5.69 Å². The van der Waals surface area contributed by atoms with E-state index >= 15 is 0 Å². The van der Waals surface area contributed by atoms with E-state index in [1.807, 2.05) is 24.3 Å². The second kappa shape index (κ2) is 16.3.